The molecule has 0 bridgehead atoms. The van der Waals surface area contributed by atoms with Crippen LogP contribution in [0.2, 0.25) is 0 Å². The smallest absolute Gasteiger partial charge is 0.311 e. The van der Waals surface area contributed by atoms with Gasteiger partial charge in [-0.05, 0) is 17.7 Å². The Morgan fingerprint density at radius 1 is 1.20 bits per heavy atom. The molecule has 4 nitrogen and oxygen atoms in total. The standard InChI is InChI=1S/C15H17ClO4/c1-4-11(16)10-7-8-12(19-14(17)5-2)13(9-10)20-15(18)6-3/h4,7-9,11H,1,5-6H2,2-3H3. The molecule has 0 radical (unpaired) electrons. The van der Waals surface area contributed by atoms with Crippen molar-refractivity contribution in [2.45, 2.75) is 32.1 Å². The number of hydrogen-bond acceptors (Lipinski definition) is 4. The van der Waals surface area contributed by atoms with Crippen LogP contribution in [0.3, 0.4) is 0 Å². The number of carbonyl (C=O) groups is 2. The molecule has 1 rings (SSSR count). The van der Waals surface area contributed by atoms with E-state index in [0.29, 0.717) is 5.56 Å². The number of esters is 2. The van der Waals surface area contributed by atoms with Crippen LogP contribution in [0, 0.1) is 0 Å². The highest BCUT2D eigenvalue weighted by molar-refractivity contribution is 6.21. The van der Waals surface area contributed by atoms with Crippen LogP contribution in [0.1, 0.15) is 37.6 Å². The molecule has 1 aromatic rings. The summed E-state index contributed by atoms with van der Waals surface area (Å²) in [5, 5.41) is -0.412. The molecule has 0 aliphatic heterocycles. The van der Waals surface area contributed by atoms with Crippen molar-refractivity contribution in [3.63, 3.8) is 0 Å². The van der Waals surface area contributed by atoms with E-state index in [1.807, 2.05) is 0 Å². The maximum absolute atomic E-state index is 11.4. The highest BCUT2D eigenvalue weighted by Crippen LogP contribution is 2.33. The van der Waals surface area contributed by atoms with Gasteiger partial charge in [-0.2, -0.15) is 0 Å². The van der Waals surface area contributed by atoms with Gasteiger partial charge in [0.15, 0.2) is 11.5 Å². The molecule has 5 heteroatoms. The molecular formula is C15H17ClO4. The van der Waals surface area contributed by atoms with Crippen LogP contribution < -0.4 is 9.47 Å². The van der Waals surface area contributed by atoms with E-state index >= 15 is 0 Å². The van der Waals surface area contributed by atoms with Crippen molar-refractivity contribution in [1.82, 2.24) is 0 Å². The molecule has 0 N–H and O–H groups in total. The second-order valence-electron chi connectivity index (χ2n) is 4.00. The fourth-order valence-corrected chi connectivity index (χ4v) is 1.52. The van der Waals surface area contributed by atoms with Gasteiger partial charge < -0.3 is 9.47 Å². The van der Waals surface area contributed by atoms with Crippen molar-refractivity contribution in [3.05, 3.63) is 36.4 Å². The maximum Gasteiger partial charge on any atom is 0.311 e. The van der Waals surface area contributed by atoms with E-state index in [1.165, 1.54) is 0 Å². The Morgan fingerprint density at radius 2 is 1.75 bits per heavy atom. The van der Waals surface area contributed by atoms with Gasteiger partial charge in [-0.3, -0.25) is 9.59 Å². The molecule has 0 saturated carbocycles. The quantitative estimate of drug-likeness (QED) is 0.347. The number of ether oxygens (including phenoxy) is 2. The van der Waals surface area contributed by atoms with Gasteiger partial charge in [0.1, 0.15) is 0 Å². The summed E-state index contributed by atoms with van der Waals surface area (Å²) in [6.07, 6.45) is 2.00. The Kier molecular flexibility index (Phi) is 6.25. The molecular weight excluding hydrogens is 280 g/mol. The second-order valence-corrected chi connectivity index (χ2v) is 4.47. The lowest BCUT2D eigenvalue weighted by Crippen LogP contribution is -2.11. The molecule has 0 aromatic heterocycles. The first kappa shape index (κ1) is 16.2. The molecule has 0 amide bonds. The van der Waals surface area contributed by atoms with E-state index in [1.54, 1.807) is 38.1 Å². The summed E-state index contributed by atoms with van der Waals surface area (Å²) in [7, 11) is 0. The number of rotatable bonds is 6. The van der Waals surface area contributed by atoms with Gasteiger partial charge in [-0.1, -0.05) is 26.0 Å². The fraction of sp³-hybridized carbons (Fsp3) is 0.333. The predicted octanol–water partition coefficient (Wildman–Crippen LogP) is 3.78. The van der Waals surface area contributed by atoms with E-state index in [2.05, 4.69) is 6.58 Å². The third-order valence-electron chi connectivity index (χ3n) is 2.52. The van der Waals surface area contributed by atoms with E-state index in [9.17, 15) is 9.59 Å². The number of alkyl halides is 1. The lowest BCUT2D eigenvalue weighted by Gasteiger charge is -2.12. The van der Waals surface area contributed by atoms with Gasteiger partial charge in [0, 0.05) is 12.8 Å². The van der Waals surface area contributed by atoms with Crippen molar-refractivity contribution in [3.8, 4) is 11.5 Å². The Bertz CT molecular complexity index is 511. The van der Waals surface area contributed by atoms with Crippen molar-refractivity contribution in [1.29, 1.82) is 0 Å². The van der Waals surface area contributed by atoms with Crippen molar-refractivity contribution in [2.24, 2.45) is 0 Å². The Morgan fingerprint density at radius 3 is 2.25 bits per heavy atom. The summed E-state index contributed by atoms with van der Waals surface area (Å²) in [5.41, 5.74) is 0.705. The number of hydrogen-bond donors (Lipinski definition) is 0. The monoisotopic (exact) mass is 296 g/mol. The first-order valence-corrected chi connectivity index (χ1v) is 6.77. The molecule has 108 valence electrons. The minimum Gasteiger partial charge on any atom is -0.423 e. The van der Waals surface area contributed by atoms with Gasteiger partial charge in [0.05, 0.1) is 5.38 Å². The highest BCUT2D eigenvalue weighted by Gasteiger charge is 2.15. The third-order valence-corrected chi connectivity index (χ3v) is 2.95. The Balaban J connectivity index is 3.11. The van der Waals surface area contributed by atoms with Crippen LogP contribution in [0.25, 0.3) is 0 Å². The van der Waals surface area contributed by atoms with E-state index < -0.39 is 17.3 Å². The molecule has 0 spiro atoms. The van der Waals surface area contributed by atoms with Gasteiger partial charge in [-0.25, -0.2) is 0 Å². The van der Waals surface area contributed by atoms with Crippen molar-refractivity contribution < 1.29 is 19.1 Å². The summed E-state index contributed by atoms with van der Waals surface area (Å²) in [5.74, 6) is -0.433. The second kappa shape index (κ2) is 7.70. The molecule has 1 aromatic carbocycles. The number of benzene rings is 1. The number of carbonyl (C=O) groups excluding carboxylic acids is 2. The van der Waals surface area contributed by atoms with Crippen molar-refractivity contribution >= 4 is 23.5 Å². The molecule has 0 heterocycles. The van der Waals surface area contributed by atoms with Crippen LogP contribution in [0.15, 0.2) is 30.9 Å². The van der Waals surface area contributed by atoms with Gasteiger partial charge in [0.25, 0.3) is 0 Å². The lowest BCUT2D eigenvalue weighted by molar-refractivity contribution is -0.136. The molecule has 0 aliphatic rings. The summed E-state index contributed by atoms with van der Waals surface area (Å²) >= 11 is 6.05. The van der Waals surface area contributed by atoms with Crippen LogP contribution >= 0.6 is 11.6 Å². The zero-order valence-electron chi connectivity index (χ0n) is 11.5. The Hall–Kier alpha value is -1.81. The first-order valence-electron chi connectivity index (χ1n) is 6.33. The molecule has 20 heavy (non-hydrogen) atoms. The molecule has 0 fully saturated rings. The zero-order valence-corrected chi connectivity index (χ0v) is 12.3. The van der Waals surface area contributed by atoms with E-state index in [0.717, 1.165) is 0 Å². The average molecular weight is 297 g/mol. The number of allylic oxidation sites excluding steroid dienone is 1. The summed E-state index contributed by atoms with van der Waals surface area (Å²) in [4.78, 5) is 22.8. The minimum atomic E-state index is -0.416. The van der Waals surface area contributed by atoms with E-state index in [4.69, 9.17) is 21.1 Å². The maximum atomic E-state index is 11.4. The molecule has 1 atom stereocenters. The SMILES string of the molecule is C=CC(Cl)c1ccc(OC(=O)CC)c(OC(=O)CC)c1. The third kappa shape index (κ3) is 4.38. The number of halogens is 1. The normalized spacial score (nSPS) is 11.6. The summed E-state index contributed by atoms with van der Waals surface area (Å²) in [6.45, 7) is 6.96. The van der Waals surface area contributed by atoms with Crippen LogP contribution in [-0.2, 0) is 9.59 Å². The molecule has 0 aliphatic carbocycles. The highest BCUT2D eigenvalue weighted by atomic mass is 35.5. The topological polar surface area (TPSA) is 52.6 Å². The van der Waals surface area contributed by atoms with Gasteiger partial charge in [-0.15, -0.1) is 18.2 Å². The molecule has 1 unspecified atom stereocenters. The zero-order chi connectivity index (χ0) is 15.1. The fourth-order valence-electron chi connectivity index (χ4n) is 1.39. The molecule has 0 saturated heterocycles. The van der Waals surface area contributed by atoms with E-state index in [-0.39, 0.29) is 24.3 Å². The minimum absolute atomic E-state index is 0.184. The Labute approximate surface area is 123 Å². The largest absolute Gasteiger partial charge is 0.423 e. The van der Waals surface area contributed by atoms with Gasteiger partial charge >= 0.3 is 11.9 Å². The summed E-state index contributed by atoms with van der Waals surface area (Å²) < 4.78 is 10.3. The van der Waals surface area contributed by atoms with Crippen LogP contribution in [0.4, 0.5) is 0 Å². The van der Waals surface area contributed by atoms with Crippen LogP contribution in [-0.4, -0.2) is 11.9 Å². The first-order chi connectivity index (χ1) is 9.51. The predicted molar refractivity (Wildman–Crippen MR) is 77.1 cm³/mol. The van der Waals surface area contributed by atoms with Crippen molar-refractivity contribution in [2.75, 3.05) is 0 Å². The summed E-state index contributed by atoms with van der Waals surface area (Å²) in [6, 6.07) is 4.83. The average Bonchev–Trinajstić information content (AvgIpc) is 2.47. The lowest BCUT2D eigenvalue weighted by atomic mass is 10.1. The van der Waals surface area contributed by atoms with Gasteiger partial charge in [0.2, 0.25) is 0 Å². The van der Waals surface area contributed by atoms with Crippen LogP contribution in [0.5, 0.6) is 11.5 Å².